The number of hydrogen-bond acceptors (Lipinski definition) is 4. The van der Waals surface area contributed by atoms with Crippen LogP contribution in [0.15, 0.2) is 12.1 Å². The van der Waals surface area contributed by atoms with Crippen molar-refractivity contribution in [3.05, 3.63) is 21.3 Å². The topological polar surface area (TPSA) is 63.2 Å². The lowest BCUT2D eigenvalue weighted by molar-refractivity contribution is -0.119. The summed E-state index contributed by atoms with van der Waals surface area (Å²) in [7, 11) is -3.43. The van der Waals surface area contributed by atoms with Gasteiger partial charge in [0.05, 0.1) is 10.1 Å². The summed E-state index contributed by atoms with van der Waals surface area (Å²) in [5.74, 6) is -1.10. The van der Waals surface area contributed by atoms with Gasteiger partial charge >= 0.3 is 0 Å². The molecule has 0 spiro atoms. The van der Waals surface area contributed by atoms with E-state index < -0.39 is 21.5 Å². The molecule has 1 aromatic heterocycles. The summed E-state index contributed by atoms with van der Waals surface area (Å²) in [6.07, 6.45) is 0. The second-order valence-corrected chi connectivity index (χ2v) is 7.82. The number of nitrogens with one attached hydrogen (secondary N) is 1. The number of carbonyl (C=O) groups excluding carboxylic acids is 1. The Balaban J connectivity index is 2.60. The van der Waals surface area contributed by atoms with Gasteiger partial charge in [-0.2, -0.15) is 0 Å². The van der Waals surface area contributed by atoms with Crippen LogP contribution < -0.4 is 5.32 Å². The fraction of sp³-hybridized carbons (Fsp3) is 0.500. The number of hydrogen-bond donors (Lipinski definition) is 1. The van der Waals surface area contributed by atoms with Crippen LogP contribution in [-0.2, 0) is 20.4 Å². The number of halogens is 1. The molecule has 0 fully saturated rings. The molecular formula is C10H14ClNO3S2. The van der Waals surface area contributed by atoms with E-state index in [0.717, 1.165) is 0 Å². The monoisotopic (exact) mass is 295 g/mol. The Bertz CT molecular complexity index is 493. The van der Waals surface area contributed by atoms with E-state index in [9.17, 15) is 13.2 Å². The average Bonchev–Trinajstić information content (AvgIpc) is 2.46. The van der Waals surface area contributed by atoms with Crippen LogP contribution >= 0.6 is 22.9 Å². The maximum Gasteiger partial charge on any atom is 0.235 e. The molecule has 0 unspecified atom stereocenters. The zero-order valence-electron chi connectivity index (χ0n) is 9.57. The Morgan fingerprint density at radius 2 is 2.12 bits per heavy atom. The van der Waals surface area contributed by atoms with Gasteiger partial charge in [0, 0.05) is 10.9 Å². The van der Waals surface area contributed by atoms with Crippen molar-refractivity contribution in [3.8, 4) is 0 Å². The predicted octanol–water partition coefficient (Wildman–Crippen LogP) is 1.84. The lowest BCUT2D eigenvalue weighted by atomic mass is 10.4. The Morgan fingerprint density at radius 3 is 2.59 bits per heavy atom. The Morgan fingerprint density at radius 1 is 1.47 bits per heavy atom. The molecule has 0 aliphatic rings. The average molecular weight is 296 g/mol. The number of sulfone groups is 1. The fourth-order valence-electron chi connectivity index (χ4n) is 1.26. The first-order valence-corrected chi connectivity index (χ1v) is 8.04. The highest BCUT2D eigenvalue weighted by Crippen LogP contribution is 2.23. The van der Waals surface area contributed by atoms with E-state index in [4.69, 9.17) is 11.6 Å². The molecule has 0 saturated carbocycles. The molecule has 0 aliphatic heterocycles. The second-order valence-electron chi connectivity index (χ2n) is 3.96. The van der Waals surface area contributed by atoms with E-state index >= 15 is 0 Å². The van der Waals surface area contributed by atoms with Crippen molar-refractivity contribution in [2.45, 2.75) is 25.6 Å². The minimum atomic E-state index is -3.43. The molecule has 0 saturated heterocycles. The first-order valence-electron chi connectivity index (χ1n) is 5.02. The minimum absolute atomic E-state index is 0.0612. The summed E-state index contributed by atoms with van der Waals surface area (Å²) in [4.78, 5) is 12.0. The van der Waals surface area contributed by atoms with Crippen molar-refractivity contribution in [1.82, 2.24) is 5.32 Å². The molecule has 1 N–H and O–H groups in total. The van der Waals surface area contributed by atoms with Gasteiger partial charge in [-0.15, -0.1) is 11.3 Å². The summed E-state index contributed by atoms with van der Waals surface area (Å²) >= 11 is 6.92. The molecule has 0 atom stereocenters. The third-order valence-electron chi connectivity index (χ3n) is 1.79. The highest BCUT2D eigenvalue weighted by molar-refractivity contribution is 7.91. The van der Waals surface area contributed by atoms with Gasteiger partial charge in [-0.1, -0.05) is 11.6 Å². The third kappa shape index (κ3) is 5.52. The van der Waals surface area contributed by atoms with Crippen LogP contribution in [0.5, 0.6) is 0 Å². The van der Waals surface area contributed by atoms with Crippen molar-refractivity contribution in [3.63, 3.8) is 0 Å². The SMILES string of the molecule is CC(C)NC(=O)CS(=O)(=O)Cc1ccc(Cl)s1. The molecule has 0 aromatic carbocycles. The molecule has 1 heterocycles. The van der Waals surface area contributed by atoms with Gasteiger partial charge in [0.25, 0.3) is 0 Å². The first kappa shape index (κ1) is 14.5. The van der Waals surface area contributed by atoms with Crippen molar-refractivity contribution in [2.75, 3.05) is 5.75 Å². The van der Waals surface area contributed by atoms with E-state index in [2.05, 4.69) is 5.32 Å². The van der Waals surface area contributed by atoms with Crippen LogP contribution in [0.4, 0.5) is 0 Å². The molecule has 1 aromatic rings. The summed E-state index contributed by atoms with van der Waals surface area (Å²) in [6.45, 7) is 3.56. The lowest BCUT2D eigenvalue weighted by Crippen LogP contribution is -2.35. The molecule has 96 valence electrons. The number of carbonyl (C=O) groups is 1. The Hall–Kier alpha value is -0.590. The molecule has 7 heteroatoms. The second kappa shape index (κ2) is 5.84. The van der Waals surface area contributed by atoms with Crippen molar-refractivity contribution in [1.29, 1.82) is 0 Å². The minimum Gasteiger partial charge on any atom is -0.353 e. The molecule has 17 heavy (non-hydrogen) atoms. The molecular weight excluding hydrogens is 282 g/mol. The maximum atomic E-state index is 11.7. The van der Waals surface area contributed by atoms with E-state index in [1.165, 1.54) is 11.3 Å². The molecule has 4 nitrogen and oxygen atoms in total. The normalized spacial score (nSPS) is 11.8. The standard InChI is InChI=1S/C10H14ClNO3S2/c1-7(2)12-10(13)6-17(14,15)5-8-3-4-9(11)16-8/h3-4,7H,5-6H2,1-2H3,(H,12,13). The highest BCUT2D eigenvalue weighted by atomic mass is 35.5. The van der Waals surface area contributed by atoms with Gasteiger partial charge in [-0.25, -0.2) is 8.42 Å². The molecule has 1 rings (SSSR count). The summed E-state index contributed by atoms with van der Waals surface area (Å²) < 4.78 is 24.0. The van der Waals surface area contributed by atoms with Crippen LogP contribution in [-0.4, -0.2) is 26.1 Å². The van der Waals surface area contributed by atoms with Crippen LogP contribution in [0.1, 0.15) is 18.7 Å². The Labute approximate surface area is 110 Å². The summed E-state index contributed by atoms with van der Waals surface area (Å²) in [6, 6.07) is 3.24. The maximum absolute atomic E-state index is 11.7. The van der Waals surface area contributed by atoms with Gasteiger partial charge in [0.15, 0.2) is 9.84 Å². The lowest BCUT2D eigenvalue weighted by Gasteiger charge is -2.08. The highest BCUT2D eigenvalue weighted by Gasteiger charge is 2.18. The van der Waals surface area contributed by atoms with Crippen LogP contribution in [0.3, 0.4) is 0 Å². The molecule has 0 aliphatic carbocycles. The van der Waals surface area contributed by atoms with Gasteiger partial charge in [-0.3, -0.25) is 4.79 Å². The number of rotatable bonds is 5. The molecule has 0 bridgehead atoms. The smallest absolute Gasteiger partial charge is 0.235 e. The van der Waals surface area contributed by atoms with Gasteiger partial charge in [0.2, 0.25) is 5.91 Å². The fourth-order valence-corrected chi connectivity index (χ4v) is 4.03. The molecule has 0 radical (unpaired) electrons. The quantitative estimate of drug-likeness (QED) is 0.901. The zero-order valence-corrected chi connectivity index (χ0v) is 12.0. The summed E-state index contributed by atoms with van der Waals surface area (Å²) in [5, 5.41) is 2.55. The Kier molecular flexibility index (Phi) is 4.97. The van der Waals surface area contributed by atoms with Crippen molar-refractivity contribution in [2.24, 2.45) is 0 Å². The van der Waals surface area contributed by atoms with E-state index in [1.54, 1.807) is 26.0 Å². The van der Waals surface area contributed by atoms with Crippen molar-refractivity contribution >= 4 is 38.7 Å². The van der Waals surface area contributed by atoms with Crippen LogP contribution in [0.2, 0.25) is 4.34 Å². The first-order chi connectivity index (χ1) is 7.78. The predicted molar refractivity (Wildman–Crippen MR) is 70.1 cm³/mol. The van der Waals surface area contributed by atoms with E-state index in [1.807, 2.05) is 0 Å². The van der Waals surface area contributed by atoms with Gasteiger partial charge in [-0.05, 0) is 26.0 Å². The largest absolute Gasteiger partial charge is 0.353 e. The third-order valence-corrected chi connectivity index (χ3v) is 4.66. The number of amides is 1. The van der Waals surface area contributed by atoms with Crippen molar-refractivity contribution < 1.29 is 13.2 Å². The molecule has 1 amide bonds. The summed E-state index contributed by atoms with van der Waals surface area (Å²) in [5.41, 5.74) is 0. The van der Waals surface area contributed by atoms with Gasteiger partial charge < -0.3 is 5.32 Å². The van der Waals surface area contributed by atoms with Gasteiger partial charge in [0.1, 0.15) is 5.75 Å². The van der Waals surface area contributed by atoms with E-state index in [0.29, 0.717) is 9.21 Å². The van der Waals surface area contributed by atoms with E-state index in [-0.39, 0.29) is 11.8 Å². The number of thiophene rings is 1. The van der Waals surface area contributed by atoms with Crippen LogP contribution in [0.25, 0.3) is 0 Å². The zero-order chi connectivity index (χ0) is 13.1. The van der Waals surface area contributed by atoms with Crippen LogP contribution in [0, 0.1) is 0 Å².